The lowest BCUT2D eigenvalue weighted by atomic mass is 9.93. The van der Waals surface area contributed by atoms with E-state index in [1.807, 2.05) is 48.5 Å². The quantitative estimate of drug-likeness (QED) is 0.129. The first kappa shape index (κ1) is 77.9. The number of para-hydroxylation sites is 4. The Morgan fingerprint density at radius 2 is 0.511 bits per heavy atom. The van der Waals surface area contributed by atoms with E-state index in [0.29, 0.717) is 5.89 Å². The van der Waals surface area contributed by atoms with Crippen molar-refractivity contribution in [2.75, 3.05) is 0 Å². The average molecular weight is 1780 g/mol. The summed E-state index contributed by atoms with van der Waals surface area (Å²) in [6, 6.07) is 152. The van der Waals surface area contributed by atoms with Gasteiger partial charge in [-0.05, 0) is 201 Å². The van der Waals surface area contributed by atoms with Crippen LogP contribution in [-0.2, 0) is 0 Å². The molecule has 634 valence electrons. The summed E-state index contributed by atoms with van der Waals surface area (Å²) in [6.45, 7) is 0. The molecule has 0 radical (unpaired) electrons. The molecule has 0 amide bonds. The van der Waals surface area contributed by atoms with E-state index >= 15 is 0 Å². The van der Waals surface area contributed by atoms with E-state index in [1.54, 1.807) is 22.7 Å². The topological polar surface area (TPSA) is 129 Å². The molecule has 9 heterocycles. The molecule has 19 aromatic carbocycles. The largest absolute Gasteiger partial charge is 0.436 e. The Hall–Kier alpha value is -17.8. The Morgan fingerprint density at radius 1 is 0.168 bits per heavy atom. The molecule has 12 heteroatoms. The van der Waals surface area contributed by atoms with E-state index < -0.39 is 0 Å². The molecule has 0 unspecified atom stereocenters. The first-order valence-electron chi connectivity index (χ1n) is 46.0. The van der Waals surface area contributed by atoms with Crippen molar-refractivity contribution >= 4 is 173 Å². The standard InChI is InChI=1S/C43H25N3S.C41H23N3O.C41H23N3S/c1-2-9-33-31(7-1)32-8-3-4-10-34(32)36-25-30(19-22-35(33)36)38-24-21-28-16-15-27-20-23-37(44-41(27)42(28)45-38)26-13-17-29(18-14-26)43-46-39-11-5-6-12-40(39)47-43;1-2-7-29-28(6-1)31-8-5-9-32-30(20-21-33(29)38(31)32)35-23-19-26-15-14-25-18-22-34(42-39(25)40(26)43-35)24-12-16-27(17-13-24)41-44-36-10-3-4-11-37(36)45-41;1-2-13-37-36(12-1)44-41(45-37)29-9-3-8-27(22-29)34-20-17-25-14-15-26-18-21-35(43-40(26)39(25)42-34)28-16-19-30-31-10-4-6-24-7-5-11-32(38(24)31)33(30)23-28/h1-25H;2*1-23H. The van der Waals surface area contributed by atoms with E-state index in [4.69, 9.17) is 44.3 Å². The average Bonchev–Trinajstić information content (AvgIpc) is 1.54. The molecule has 0 N–H and O–H groups in total. The minimum Gasteiger partial charge on any atom is -0.436 e. The van der Waals surface area contributed by atoms with Crippen molar-refractivity contribution < 1.29 is 4.42 Å². The maximum absolute atomic E-state index is 5.98. The Balaban J connectivity index is 0.000000102. The monoisotopic (exact) mass is 1780 g/mol. The van der Waals surface area contributed by atoms with E-state index in [9.17, 15) is 0 Å². The zero-order chi connectivity index (χ0) is 89.9. The van der Waals surface area contributed by atoms with Crippen LogP contribution in [0.3, 0.4) is 0 Å². The van der Waals surface area contributed by atoms with E-state index in [-0.39, 0.29) is 0 Å². The molecule has 9 aromatic heterocycles. The molecule has 0 saturated heterocycles. The summed E-state index contributed by atoms with van der Waals surface area (Å²) in [5.74, 6) is 0.615. The number of aromatic nitrogens is 9. The van der Waals surface area contributed by atoms with Gasteiger partial charge in [0.1, 0.15) is 15.5 Å². The molecule has 0 aliphatic heterocycles. The number of benzene rings is 19. The fourth-order valence-electron chi connectivity index (χ4n) is 20.7. The van der Waals surface area contributed by atoms with E-state index in [1.165, 1.54) is 108 Å². The zero-order valence-corrected chi connectivity index (χ0v) is 74.9. The number of fused-ring (bicyclic) bond motifs is 24. The SMILES string of the molecule is c1cc(-c2ccc3ccc4ccc(-c5ccc6c(c5)-c5cccc7cccc-6c57)nc4c3n2)cc(-c2nc3ccccc3s2)c1.c1ccc2c(c1)-c1cccc3c(-c4ccc5ccc6ccc(-c7ccc(-c8nc9ccccc9o8)cc7)nc6c5n4)ccc-2c13.c1ccc2sc(-c3ccc(-c4ccc5ccc6ccc(-c7ccc8c9ccccc9c9ccccc9c8c7)nc6c5n4)cc3)nc2c1. The molecule has 10 nitrogen and oxygen atoms in total. The summed E-state index contributed by atoms with van der Waals surface area (Å²) in [5.41, 5.74) is 34.7. The molecule has 2 aliphatic rings. The number of pyridine rings is 6. The highest BCUT2D eigenvalue weighted by Gasteiger charge is 2.27. The molecule has 0 atom stereocenters. The highest BCUT2D eigenvalue weighted by molar-refractivity contribution is 7.22. The predicted molar refractivity (Wildman–Crippen MR) is 570 cm³/mol. The maximum atomic E-state index is 5.98. The van der Waals surface area contributed by atoms with Gasteiger partial charge in [0.25, 0.3) is 0 Å². The molecule has 0 bridgehead atoms. The Morgan fingerprint density at radius 3 is 1.05 bits per heavy atom. The van der Waals surface area contributed by atoms with Gasteiger partial charge in [0.05, 0.1) is 87.7 Å². The third-order valence-corrected chi connectivity index (χ3v) is 29.5. The normalized spacial score (nSPS) is 11.9. The predicted octanol–water partition coefficient (Wildman–Crippen LogP) is 33.8. The Labute approximate surface area is 792 Å². The fraction of sp³-hybridized carbons (Fsp3) is 0. The molecule has 137 heavy (non-hydrogen) atoms. The van der Waals surface area contributed by atoms with Crippen molar-refractivity contribution in [3.05, 3.63) is 431 Å². The summed E-state index contributed by atoms with van der Waals surface area (Å²) in [5, 5.41) is 21.2. The highest BCUT2D eigenvalue weighted by Crippen LogP contribution is 2.52. The number of nitrogens with zero attached hydrogens (tertiary/aromatic N) is 9. The van der Waals surface area contributed by atoms with Crippen LogP contribution in [-0.4, -0.2) is 44.9 Å². The van der Waals surface area contributed by atoms with Gasteiger partial charge in [0.2, 0.25) is 5.89 Å². The van der Waals surface area contributed by atoms with Crippen LogP contribution >= 0.6 is 22.7 Å². The van der Waals surface area contributed by atoms with Crippen LogP contribution in [0.4, 0.5) is 0 Å². The lowest BCUT2D eigenvalue weighted by molar-refractivity contribution is 0.620. The molecular weight excluding hydrogens is 1710 g/mol. The lowest BCUT2D eigenvalue weighted by Crippen LogP contribution is -1.92. The van der Waals surface area contributed by atoms with Gasteiger partial charge in [-0.2, -0.15) is 0 Å². The van der Waals surface area contributed by atoms with Crippen molar-refractivity contribution in [1.82, 2.24) is 44.9 Å². The van der Waals surface area contributed by atoms with Crippen LogP contribution in [0.25, 0.3) is 295 Å². The fourth-order valence-corrected chi connectivity index (χ4v) is 22.6. The second-order valence-electron chi connectivity index (χ2n) is 35.3. The van der Waals surface area contributed by atoms with Gasteiger partial charge >= 0.3 is 0 Å². The van der Waals surface area contributed by atoms with Crippen LogP contribution < -0.4 is 0 Å². The van der Waals surface area contributed by atoms with Gasteiger partial charge in [-0.1, -0.05) is 328 Å². The van der Waals surface area contributed by atoms with Crippen LogP contribution in [0, 0.1) is 0 Å². The number of thiazole rings is 2. The molecule has 0 spiro atoms. The Kier molecular flexibility index (Phi) is 17.9. The van der Waals surface area contributed by atoms with Gasteiger partial charge in [-0.25, -0.2) is 44.9 Å². The van der Waals surface area contributed by atoms with Crippen molar-refractivity contribution in [2.45, 2.75) is 0 Å². The van der Waals surface area contributed by atoms with Gasteiger partial charge in [-0.3, -0.25) is 0 Å². The maximum Gasteiger partial charge on any atom is 0.227 e. The van der Waals surface area contributed by atoms with Crippen LogP contribution in [0.15, 0.2) is 435 Å². The number of oxazole rings is 1. The summed E-state index contributed by atoms with van der Waals surface area (Å²) < 4.78 is 8.37. The molecule has 30 rings (SSSR count). The summed E-state index contributed by atoms with van der Waals surface area (Å²) in [4.78, 5) is 45.7. The third-order valence-electron chi connectivity index (χ3n) is 27.4. The number of rotatable bonds is 9. The van der Waals surface area contributed by atoms with Gasteiger partial charge < -0.3 is 4.42 Å². The minimum absolute atomic E-state index is 0.615. The van der Waals surface area contributed by atoms with E-state index in [2.05, 4.69) is 387 Å². The zero-order valence-electron chi connectivity index (χ0n) is 73.2. The second-order valence-corrected chi connectivity index (χ2v) is 37.3. The van der Waals surface area contributed by atoms with Crippen LogP contribution in [0.2, 0.25) is 0 Å². The molecule has 0 saturated carbocycles. The van der Waals surface area contributed by atoms with Crippen molar-refractivity contribution in [3.8, 4) is 145 Å². The Bertz CT molecular complexity index is 9810. The first-order chi connectivity index (χ1) is 67.8. The summed E-state index contributed by atoms with van der Waals surface area (Å²) >= 11 is 3.44. The van der Waals surface area contributed by atoms with Gasteiger partial charge in [0, 0.05) is 82.4 Å². The second kappa shape index (κ2) is 31.4. The minimum atomic E-state index is 0.615. The molecule has 0 fully saturated rings. The van der Waals surface area contributed by atoms with Crippen LogP contribution in [0.5, 0.6) is 0 Å². The van der Waals surface area contributed by atoms with E-state index in [0.717, 1.165) is 182 Å². The highest BCUT2D eigenvalue weighted by atomic mass is 32.1. The third kappa shape index (κ3) is 13.2. The lowest BCUT2D eigenvalue weighted by Gasteiger charge is -2.12. The van der Waals surface area contributed by atoms with Crippen LogP contribution in [0.1, 0.15) is 0 Å². The summed E-state index contributed by atoms with van der Waals surface area (Å²) in [7, 11) is 0. The smallest absolute Gasteiger partial charge is 0.227 e. The number of hydrogen-bond donors (Lipinski definition) is 0. The summed E-state index contributed by atoms with van der Waals surface area (Å²) in [6.07, 6.45) is 0. The number of hydrogen-bond acceptors (Lipinski definition) is 12. The van der Waals surface area contributed by atoms with Crippen molar-refractivity contribution in [3.63, 3.8) is 0 Å². The molecular formula is C125H71N9OS2. The van der Waals surface area contributed by atoms with Crippen molar-refractivity contribution in [2.24, 2.45) is 0 Å². The molecule has 28 aromatic rings. The van der Waals surface area contributed by atoms with Gasteiger partial charge in [-0.15, -0.1) is 22.7 Å². The molecule has 2 aliphatic carbocycles. The van der Waals surface area contributed by atoms with Gasteiger partial charge in [0.15, 0.2) is 5.58 Å². The van der Waals surface area contributed by atoms with Crippen molar-refractivity contribution in [1.29, 1.82) is 0 Å². The first-order valence-corrected chi connectivity index (χ1v) is 47.6.